The molecule has 0 aliphatic heterocycles. The smallest absolute Gasteiger partial charge is 0 e. The third kappa shape index (κ3) is 8.78. The van der Waals surface area contributed by atoms with E-state index in [0.717, 1.165) is 32.5 Å². The molecule has 3 heterocycles. The number of aromatic nitrogens is 3. The molecule has 0 unspecified atom stereocenters. The maximum Gasteiger partial charge on any atom is 0 e. The fourth-order valence-electron chi connectivity index (χ4n) is 6.94. The predicted octanol–water partition coefficient (Wildman–Crippen LogP) is 13.1. The number of fused-ring (bicyclic) bond motifs is 4. The molecular formula is C51H47GeIrN3S-2. The van der Waals surface area contributed by atoms with Crippen LogP contribution in [-0.4, -0.2) is 27.8 Å². The van der Waals surface area contributed by atoms with E-state index in [4.69, 9.17) is 11.8 Å². The van der Waals surface area contributed by atoms with Gasteiger partial charge >= 0.3 is 155 Å². The van der Waals surface area contributed by atoms with Crippen LogP contribution in [0.5, 0.6) is 0 Å². The maximum absolute atomic E-state index is 8.89. The Morgan fingerprint density at radius 1 is 0.754 bits per heavy atom. The van der Waals surface area contributed by atoms with E-state index >= 15 is 0 Å². The van der Waals surface area contributed by atoms with Crippen molar-refractivity contribution < 1.29 is 27.0 Å². The normalized spacial score (nSPS) is 13.5. The number of pyridine rings is 1. The number of hydrogen-bond donors (Lipinski definition) is 0. The molecular weight excluding hydrogens is 951 g/mol. The van der Waals surface area contributed by atoms with Crippen LogP contribution < -0.4 is 4.40 Å². The summed E-state index contributed by atoms with van der Waals surface area (Å²) in [7, 11) is 0. The van der Waals surface area contributed by atoms with Gasteiger partial charge < -0.3 is 4.57 Å². The molecule has 57 heavy (non-hydrogen) atoms. The number of imidazole rings is 1. The van der Waals surface area contributed by atoms with Gasteiger partial charge in [0.05, 0.1) is 16.9 Å². The molecule has 0 amide bonds. The van der Waals surface area contributed by atoms with Crippen LogP contribution in [0.4, 0.5) is 0 Å². The van der Waals surface area contributed by atoms with E-state index < -0.39 is 26.5 Å². The van der Waals surface area contributed by atoms with Gasteiger partial charge in [0.2, 0.25) is 0 Å². The molecule has 0 bridgehead atoms. The monoisotopic (exact) mass is 1010 g/mol. The first kappa shape index (κ1) is 34.4. The van der Waals surface area contributed by atoms with Gasteiger partial charge in [-0.25, -0.2) is 0 Å². The molecule has 3 aromatic heterocycles. The molecule has 0 atom stereocenters. The second-order valence-electron chi connectivity index (χ2n) is 16.1. The topological polar surface area (TPSA) is 30.7 Å². The Bertz CT molecular complexity index is 3000. The van der Waals surface area contributed by atoms with Crippen LogP contribution in [-0.2, 0) is 31.9 Å². The first-order chi connectivity index (χ1) is 28.9. The Morgan fingerprint density at radius 2 is 1.47 bits per heavy atom. The minimum Gasteiger partial charge on any atom is 0 e. The molecule has 6 heteroatoms. The van der Waals surface area contributed by atoms with Crippen molar-refractivity contribution in [2.45, 2.75) is 56.7 Å². The maximum atomic E-state index is 8.89. The van der Waals surface area contributed by atoms with Gasteiger partial charge in [-0.15, -0.1) is 23.8 Å². The van der Waals surface area contributed by atoms with E-state index in [2.05, 4.69) is 139 Å². The second kappa shape index (κ2) is 16.7. The largest absolute Gasteiger partial charge is 0 e. The van der Waals surface area contributed by atoms with Crippen molar-refractivity contribution >= 4 is 60.2 Å². The quantitative estimate of drug-likeness (QED) is 0.123. The predicted molar refractivity (Wildman–Crippen MR) is 242 cm³/mol. The first-order valence-electron chi connectivity index (χ1n) is 21.4. The van der Waals surface area contributed by atoms with Crippen molar-refractivity contribution in [3.8, 4) is 28.3 Å². The molecule has 6 aromatic carbocycles. The van der Waals surface area contributed by atoms with Crippen molar-refractivity contribution in [3.63, 3.8) is 0 Å². The van der Waals surface area contributed by atoms with Crippen molar-refractivity contribution in [2.24, 2.45) is 0 Å². The zero-order valence-electron chi connectivity index (χ0n) is 37.9. The van der Waals surface area contributed by atoms with Crippen molar-refractivity contribution in [2.75, 3.05) is 0 Å². The van der Waals surface area contributed by atoms with Gasteiger partial charge in [0.15, 0.2) is 0 Å². The molecule has 3 nitrogen and oxygen atoms in total. The fourth-order valence-corrected chi connectivity index (χ4v) is 11.0. The molecule has 1 radical (unpaired) electrons. The zero-order valence-corrected chi connectivity index (χ0v) is 38.2. The van der Waals surface area contributed by atoms with Crippen LogP contribution >= 0.6 is 11.3 Å². The van der Waals surface area contributed by atoms with E-state index in [9.17, 15) is 0 Å². The molecule has 9 aromatic rings. The van der Waals surface area contributed by atoms with Crippen LogP contribution in [0.1, 0.15) is 49.9 Å². The zero-order chi connectivity index (χ0) is 43.3. The molecule has 0 saturated carbocycles. The molecule has 0 spiro atoms. The Kier molecular flexibility index (Phi) is 10.1. The van der Waals surface area contributed by atoms with Gasteiger partial charge in [0.1, 0.15) is 0 Å². The van der Waals surface area contributed by atoms with Crippen LogP contribution in [0, 0.1) is 19.0 Å². The molecule has 0 saturated heterocycles. The summed E-state index contributed by atoms with van der Waals surface area (Å²) >= 11 is -0.589. The summed E-state index contributed by atoms with van der Waals surface area (Å²) in [6.07, 6.45) is 0.141. The van der Waals surface area contributed by atoms with Crippen LogP contribution in [0.2, 0.25) is 17.3 Å². The average molecular weight is 1000 g/mol. The van der Waals surface area contributed by atoms with Gasteiger partial charge in [-0.1, -0.05) is 68.6 Å². The van der Waals surface area contributed by atoms with Gasteiger partial charge in [-0.2, -0.15) is 11.3 Å². The van der Waals surface area contributed by atoms with Gasteiger partial charge in [-0.3, -0.25) is 4.98 Å². The fraction of sp³-hybridized carbons (Fsp3) is 0.176. The summed E-state index contributed by atoms with van der Waals surface area (Å²) in [5.41, 5.74) is 8.38. The van der Waals surface area contributed by atoms with E-state index in [1.54, 1.807) is 36.5 Å². The van der Waals surface area contributed by atoms with Gasteiger partial charge in [0, 0.05) is 30.5 Å². The number of para-hydroxylation sites is 2. The van der Waals surface area contributed by atoms with Crippen molar-refractivity contribution in [1.29, 1.82) is 0 Å². The molecule has 0 aliphatic carbocycles. The number of aryl methyl sites for hydroxylation is 1. The molecule has 0 fully saturated rings. The Hall–Kier alpha value is -4.65. The Balaban J connectivity index is 0.000000185. The van der Waals surface area contributed by atoms with Crippen LogP contribution in [0.3, 0.4) is 0 Å². The SMILES string of the molecule is CC(C)(C)c1ccc(-n2c(-c3[c-]cc4c(c3)sc3ccccc34)nc3ccccc32)cc1.[2H]C([2H])([2H])c1c[c-]c(-c2cc(C([2H])([2H])c3ccccc3)[c]([Ge]([CH3])([CH3])[CH3])cn2)cc1.[Ir]. The second-order valence-corrected chi connectivity index (χ2v) is 27.8. The summed E-state index contributed by atoms with van der Waals surface area (Å²) in [4.78, 5) is 9.61. The standard InChI is InChI=1S/C29H23N2S.C22H24GeN.Ir/c1-29(2,3)20-13-15-21(16-14-20)31-25-10-6-5-9-24(25)30-28(31)19-12-17-23-22-8-4-7-11-26(22)32-27(23)18-19;1-17-10-12-19(13-11-17)22-15-20(14-18-8-6-5-7-9-18)21(16-24-22)23(2,3)4;/h4-11,13-18H,1-3H3;5-12,15-16H,14H2,1-4H3;/q2*-1;/i;1D3,14D2;. The average Bonchev–Trinajstić information content (AvgIpc) is 3.82. The number of benzene rings is 6. The van der Waals surface area contributed by atoms with Crippen LogP contribution in [0.25, 0.3) is 59.5 Å². The summed E-state index contributed by atoms with van der Waals surface area (Å²) in [5.74, 6) is 7.59. The first-order valence-corrected chi connectivity index (χ1v) is 27.1. The Labute approximate surface area is 364 Å². The van der Waals surface area contributed by atoms with E-state index in [0.29, 0.717) is 22.4 Å². The molecule has 0 N–H and O–H groups in total. The number of nitrogens with zero attached hydrogens (tertiary/aromatic N) is 3. The van der Waals surface area contributed by atoms with Gasteiger partial charge in [0.25, 0.3) is 0 Å². The third-order valence-corrected chi connectivity index (χ3v) is 15.3. The van der Waals surface area contributed by atoms with E-state index in [-0.39, 0.29) is 31.1 Å². The summed E-state index contributed by atoms with van der Waals surface area (Å²) in [6.45, 7) is 4.56. The minimum absolute atomic E-state index is 0. The van der Waals surface area contributed by atoms with E-state index in [1.165, 1.54) is 31.8 Å². The van der Waals surface area contributed by atoms with Crippen molar-refractivity contribution in [3.05, 3.63) is 180 Å². The third-order valence-electron chi connectivity index (χ3n) is 9.96. The van der Waals surface area contributed by atoms with E-state index in [1.807, 2.05) is 35.6 Å². The summed E-state index contributed by atoms with van der Waals surface area (Å²) < 4.78 is 46.2. The van der Waals surface area contributed by atoms with Gasteiger partial charge in [-0.05, 0) is 51.4 Å². The molecule has 287 valence electrons. The summed E-state index contributed by atoms with van der Waals surface area (Å²) in [5, 5.41) is 2.55. The minimum atomic E-state index is -2.42. The molecule has 0 aliphatic rings. The molecule has 9 rings (SSSR count). The number of thiophene rings is 1. The number of rotatable bonds is 6. The Morgan fingerprint density at radius 3 is 2.19 bits per heavy atom. The van der Waals surface area contributed by atoms with Crippen molar-refractivity contribution in [1.82, 2.24) is 14.5 Å². The summed E-state index contributed by atoms with van der Waals surface area (Å²) in [6, 6.07) is 52.4. The van der Waals surface area contributed by atoms with Crippen LogP contribution in [0.15, 0.2) is 146 Å². The number of hydrogen-bond acceptors (Lipinski definition) is 3.